The van der Waals surface area contributed by atoms with Crippen molar-refractivity contribution in [1.82, 2.24) is 15.0 Å². The van der Waals surface area contributed by atoms with Gasteiger partial charge in [0, 0.05) is 55.9 Å². The molecule has 3 aromatic carbocycles. The molecule has 4 heterocycles. The van der Waals surface area contributed by atoms with Gasteiger partial charge in [0.2, 0.25) is 5.71 Å². The van der Waals surface area contributed by atoms with Crippen molar-refractivity contribution in [3.05, 3.63) is 138 Å². The summed E-state index contributed by atoms with van der Waals surface area (Å²) in [5.41, 5.74) is 4.94. The Morgan fingerprint density at radius 1 is 0.732 bits per heavy atom. The molecule has 0 saturated heterocycles. The maximum Gasteiger partial charge on any atom is 0.216 e. The smallest absolute Gasteiger partial charge is 0.216 e. The molecule has 7 aromatic rings. The van der Waals surface area contributed by atoms with Crippen molar-refractivity contribution < 1.29 is 36.9 Å². The molecule has 7 rings (SSSR count). The second-order valence-electron chi connectivity index (χ2n) is 8.94. The largest absolute Gasteiger partial charge is 0.486 e. The van der Waals surface area contributed by atoms with E-state index in [1.807, 2.05) is 54.6 Å². The summed E-state index contributed by atoms with van der Waals surface area (Å²) in [6.07, 6.45) is 2.76. The fraction of sp³-hybridized carbons (Fsp3) is 0.0833. The summed E-state index contributed by atoms with van der Waals surface area (Å²) < 4.78 is 74.3. The second-order valence-corrected chi connectivity index (χ2v) is 8.94. The van der Waals surface area contributed by atoms with Crippen LogP contribution in [-0.2, 0) is 20.1 Å². The predicted octanol–water partition coefficient (Wildman–Crippen LogP) is 8.98. The minimum absolute atomic E-state index is 0. The van der Waals surface area contributed by atoms with Gasteiger partial charge in [-0.3, -0.25) is 0 Å². The van der Waals surface area contributed by atoms with Crippen LogP contribution in [0.5, 0.6) is 0 Å². The zero-order valence-corrected chi connectivity index (χ0v) is 23.9. The number of hydrogen-bond donors (Lipinski definition) is 0. The van der Waals surface area contributed by atoms with Gasteiger partial charge < -0.3 is 14.4 Å². The average molecular weight is 719 g/mol. The van der Waals surface area contributed by atoms with Gasteiger partial charge >= 0.3 is 0 Å². The normalized spacial score (nSPS) is 14.8. The Hall–Kier alpha value is -4.44. The number of fused-ring (bicyclic) bond motifs is 3. The fourth-order valence-electron chi connectivity index (χ4n) is 4.37. The molecule has 0 unspecified atom stereocenters. The maximum absolute atomic E-state index is 7.93. The van der Waals surface area contributed by atoms with Gasteiger partial charge in [-0.2, -0.15) is 0 Å². The van der Waals surface area contributed by atoms with Gasteiger partial charge in [-0.05, 0) is 66.3 Å². The molecule has 0 aliphatic heterocycles. The van der Waals surface area contributed by atoms with E-state index >= 15 is 0 Å². The van der Waals surface area contributed by atoms with Crippen LogP contribution in [0.3, 0.4) is 0 Å². The molecule has 0 bridgehead atoms. The molecule has 0 spiro atoms. The van der Waals surface area contributed by atoms with Crippen LogP contribution in [0.1, 0.15) is 29.2 Å². The van der Waals surface area contributed by atoms with E-state index in [4.69, 9.17) is 16.8 Å². The molecule has 5 heteroatoms. The first-order chi connectivity index (χ1) is 23.2. The van der Waals surface area contributed by atoms with Crippen LogP contribution in [-0.4, -0.2) is 15.0 Å². The van der Waals surface area contributed by atoms with Gasteiger partial charge in [-0.15, -0.1) is 54.1 Å². The molecular formula is C36H27IrN3O-2. The van der Waals surface area contributed by atoms with Crippen LogP contribution in [0, 0.1) is 32.7 Å². The van der Waals surface area contributed by atoms with Gasteiger partial charge in [-0.25, -0.2) is 4.98 Å². The predicted molar refractivity (Wildman–Crippen MR) is 162 cm³/mol. The Morgan fingerprint density at radius 2 is 1.61 bits per heavy atom. The zero-order valence-electron chi connectivity index (χ0n) is 30.5. The number of hydrogen-bond acceptors (Lipinski definition) is 4. The van der Waals surface area contributed by atoms with Crippen LogP contribution in [0.25, 0.3) is 55.7 Å². The van der Waals surface area contributed by atoms with E-state index in [2.05, 4.69) is 27.1 Å². The summed E-state index contributed by atoms with van der Waals surface area (Å²) in [6, 6.07) is 34.6. The molecule has 4 nitrogen and oxygen atoms in total. The Morgan fingerprint density at radius 3 is 2.37 bits per heavy atom. The quantitative estimate of drug-likeness (QED) is 0.171. The molecule has 0 saturated carbocycles. The third-order valence-electron chi connectivity index (χ3n) is 6.29. The first-order valence-corrected chi connectivity index (χ1v) is 12.4. The van der Waals surface area contributed by atoms with Crippen molar-refractivity contribution >= 4 is 22.1 Å². The van der Waals surface area contributed by atoms with Crippen LogP contribution >= 0.6 is 0 Å². The topological polar surface area (TPSA) is 51.8 Å². The van der Waals surface area contributed by atoms with Crippen LogP contribution in [0.2, 0.25) is 0 Å². The molecular weight excluding hydrogens is 683 g/mol. The molecule has 0 aliphatic carbocycles. The number of benzene rings is 3. The van der Waals surface area contributed by atoms with Crippen LogP contribution in [0.4, 0.5) is 0 Å². The maximum atomic E-state index is 7.93. The molecule has 1 radical (unpaired) electrons. The average Bonchev–Trinajstić information content (AvgIpc) is 3.46. The van der Waals surface area contributed by atoms with Crippen LogP contribution in [0.15, 0.2) is 114 Å². The third-order valence-corrected chi connectivity index (χ3v) is 6.29. The summed E-state index contributed by atoms with van der Waals surface area (Å²) in [6.45, 7) is -6.77. The van der Waals surface area contributed by atoms with Gasteiger partial charge in [0.25, 0.3) is 0 Å². The number of rotatable bonds is 3. The van der Waals surface area contributed by atoms with Crippen LogP contribution < -0.4 is 0 Å². The van der Waals surface area contributed by atoms with Gasteiger partial charge in [0.05, 0.1) is 5.58 Å². The molecule has 4 aromatic heterocycles. The van der Waals surface area contributed by atoms with E-state index in [0.29, 0.717) is 27.8 Å². The standard InChI is InChI=1S/C24H17N2O.C12H10N.Ir/c1-15-14-25-22(13-21(15)17-7-4-3-5-8-17)20-10-6-9-18-19-12-11-16(2)26-24(19)27-23(18)20;1-10-7-8-12(13-9-10)11-5-3-2-4-6-11;/h3-9,11-14H,1-2H3;2-5,7-9H,1H3;/q2*-1;/i1D3,2D3;1D3;. The molecule has 0 fully saturated rings. The van der Waals surface area contributed by atoms with E-state index < -0.39 is 20.6 Å². The number of pyridine rings is 3. The number of aromatic nitrogens is 3. The van der Waals surface area contributed by atoms with E-state index in [-0.39, 0.29) is 42.6 Å². The molecule has 0 N–H and O–H groups in total. The monoisotopic (exact) mass is 719 g/mol. The van der Waals surface area contributed by atoms with Crippen molar-refractivity contribution in [2.75, 3.05) is 0 Å². The van der Waals surface area contributed by atoms with Crippen molar-refractivity contribution in [3.63, 3.8) is 0 Å². The van der Waals surface area contributed by atoms with Crippen molar-refractivity contribution in [2.24, 2.45) is 0 Å². The van der Waals surface area contributed by atoms with E-state index in [1.54, 1.807) is 36.4 Å². The summed E-state index contributed by atoms with van der Waals surface area (Å²) in [7, 11) is 0. The third kappa shape index (κ3) is 6.02. The Balaban J connectivity index is 0.000000241. The molecule has 203 valence electrons. The Kier molecular flexibility index (Phi) is 5.69. The zero-order chi connectivity index (χ0) is 35.0. The summed E-state index contributed by atoms with van der Waals surface area (Å²) in [5, 5.41) is 1.42. The number of nitrogens with zero attached hydrogens (tertiary/aromatic N) is 3. The Labute approximate surface area is 266 Å². The van der Waals surface area contributed by atoms with Crippen molar-refractivity contribution in [3.8, 4) is 33.6 Å². The number of furan rings is 1. The van der Waals surface area contributed by atoms with E-state index in [1.165, 1.54) is 18.5 Å². The Bertz CT molecular complexity index is 2230. The van der Waals surface area contributed by atoms with Gasteiger partial charge in [0.15, 0.2) is 0 Å². The van der Waals surface area contributed by atoms with Gasteiger partial charge in [-0.1, -0.05) is 59.5 Å². The first-order valence-electron chi connectivity index (χ1n) is 16.9. The summed E-state index contributed by atoms with van der Waals surface area (Å²) in [4.78, 5) is 12.7. The summed E-state index contributed by atoms with van der Waals surface area (Å²) in [5.74, 6) is 0. The molecule has 0 atom stereocenters. The number of aryl methyl sites for hydroxylation is 3. The first kappa shape index (κ1) is 18.8. The van der Waals surface area contributed by atoms with E-state index in [0.717, 1.165) is 22.2 Å². The molecule has 0 aliphatic rings. The van der Waals surface area contributed by atoms with Gasteiger partial charge in [0.1, 0.15) is 0 Å². The SMILES string of the molecule is [2H]C([2H])([2H])c1ccc(-c2[c-]cccc2)nc1.[2H]C([2H])([2H])c1ccc2c(n1)oc1c(-c3cc(-c4ccccc4)c(C([2H])([2H])[2H])cn3)[c-]ccc12.[Ir]. The molecule has 0 amide bonds. The van der Waals surface area contributed by atoms with E-state index in [9.17, 15) is 0 Å². The minimum Gasteiger partial charge on any atom is -0.486 e. The van der Waals surface area contributed by atoms with Crippen molar-refractivity contribution in [1.29, 1.82) is 0 Å². The van der Waals surface area contributed by atoms with Crippen molar-refractivity contribution in [2.45, 2.75) is 20.6 Å². The minimum atomic E-state index is -2.35. The molecule has 41 heavy (non-hydrogen) atoms. The second kappa shape index (κ2) is 12.4. The summed E-state index contributed by atoms with van der Waals surface area (Å²) >= 11 is 0. The fourth-order valence-corrected chi connectivity index (χ4v) is 4.37.